The molecule has 2 aromatic carbocycles. The molecule has 1 N–H and O–H groups in total. The van der Waals surface area contributed by atoms with Crippen molar-refractivity contribution < 1.29 is 54.0 Å². The van der Waals surface area contributed by atoms with Crippen molar-refractivity contribution in [1.29, 1.82) is 0 Å². The van der Waals surface area contributed by atoms with Crippen molar-refractivity contribution in [3.63, 3.8) is 0 Å². The Morgan fingerprint density at radius 1 is 1.08 bits per heavy atom. The van der Waals surface area contributed by atoms with Crippen LogP contribution in [0.5, 0.6) is 23.0 Å². The molecule has 36 heavy (non-hydrogen) atoms. The van der Waals surface area contributed by atoms with Gasteiger partial charge in [0.15, 0.2) is 17.3 Å². The van der Waals surface area contributed by atoms with Crippen LogP contribution in [0.3, 0.4) is 0 Å². The average molecular weight is 537 g/mol. The van der Waals surface area contributed by atoms with E-state index in [4.69, 9.17) is 24.6 Å². The van der Waals surface area contributed by atoms with Crippen LogP contribution >= 0.6 is 11.6 Å². The Balaban J connectivity index is 2.21. The molecule has 0 unspecified atom stereocenters. The summed E-state index contributed by atoms with van der Waals surface area (Å²) in [6, 6.07) is 3.86. The van der Waals surface area contributed by atoms with E-state index in [9.17, 15) is 27.2 Å². The van der Waals surface area contributed by atoms with Gasteiger partial charge in [-0.25, -0.2) is 4.39 Å². The second-order valence-corrected chi connectivity index (χ2v) is 7.22. The molecule has 7 nitrogen and oxygen atoms in total. The standard InChI is InChI=1S/C23H16ClF5N2O5/c1-10-13(24)9-17(35-16-5-4-15(36-23(27,28)29)20(26)21(16)34-3)18(19(10)25)22(33)31-12-6-7-30-14(8-12)11(2)32/h4-9H,1-3H3,(H,30,31,33)/i1D3,3D3. The molecule has 0 atom stereocenters. The smallest absolute Gasteiger partial charge is 0.490 e. The Kier molecular flexibility index (Phi) is 5.55. The molecule has 0 radical (unpaired) electrons. The van der Waals surface area contributed by atoms with Gasteiger partial charge in [0.25, 0.3) is 5.91 Å². The Morgan fingerprint density at radius 2 is 1.81 bits per heavy atom. The Bertz CT molecular complexity index is 1550. The molecule has 0 fully saturated rings. The van der Waals surface area contributed by atoms with Gasteiger partial charge in [-0.15, -0.1) is 13.2 Å². The molecule has 0 saturated heterocycles. The molecule has 3 rings (SSSR count). The summed E-state index contributed by atoms with van der Waals surface area (Å²) in [6.45, 7) is -2.05. The Labute approximate surface area is 214 Å². The zero-order chi connectivity index (χ0) is 31.8. The van der Waals surface area contributed by atoms with Crippen LogP contribution in [0.4, 0.5) is 27.6 Å². The molecule has 190 valence electrons. The van der Waals surface area contributed by atoms with E-state index in [1.807, 2.05) is 0 Å². The monoisotopic (exact) mass is 536 g/mol. The van der Waals surface area contributed by atoms with E-state index in [1.54, 1.807) is 0 Å². The van der Waals surface area contributed by atoms with Crippen molar-refractivity contribution in [3.05, 3.63) is 70.0 Å². The number of aromatic nitrogens is 1. The number of anilines is 1. The quantitative estimate of drug-likeness (QED) is 0.275. The van der Waals surface area contributed by atoms with Crippen molar-refractivity contribution in [2.24, 2.45) is 0 Å². The molecular weight excluding hydrogens is 515 g/mol. The van der Waals surface area contributed by atoms with Crippen molar-refractivity contribution in [1.82, 2.24) is 4.98 Å². The van der Waals surface area contributed by atoms with Crippen molar-refractivity contribution in [2.45, 2.75) is 20.1 Å². The lowest BCUT2D eigenvalue weighted by atomic mass is 10.1. The molecular formula is C23H16ClF5N2O5. The number of methoxy groups -OCH3 is 1. The zero-order valence-electron chi connectivity index (χ0n) is 23.7. The number of nitrogens with one attached hydrogen (secondary N) is 1. The highest BCUT2D eigenvalue weighted by Gasteiger charge is 2.34. The molecule has 13 heteroatoms. The van der Waals surface area contributed by atoms with E-state index in [1.165, 1.54) is 13.0 Å². The number of nitrogens with zero attached hydrogens (tertiary/aromatic N) is 1. The maximum atomic E-state index is 15.7. The average Bonchev–Trinajstić information content (AvgIpc) is 2.80. The fraction of sp³-hybridized carbons (Fsp3) is 0.174. The number of hydrogen-bond donors (Lipinski definition) is 1. The number of pyridine rings is 1. The summed E-state index contributed by atoms with van der Waals surface area (Å²) in [5.74, 6) is -10.5. The highest BCUT2D eigenvalue weighted by Crippen LogP contribution is 2.42. The van der Waals surface area contributed by atoms with Crippen LogP contribution in [0.15, 0.2) is 36.5 Å². The van der Waals surface area contributed by atoms with Gasteiger partial charge in [0.05, 0.1) is 16.2 Å². The maximum absolute atomic E-state index is 15.7. The molecule has 0 aliphatic heterocycles. The molecule has 0 spiro atoms. The molecule has 0 saturated carbocycles. The minimum Gasteiger partial charge on any atom is -0.490 e. The Hall–Kier alpha value is -3.93. The lowest BCUT2D eigenvalue weighted by Gasteiger charge is -2.18. The van der Waals surface area contributed by atoms with Gasteiger partial charge >= 0.3 is 6.36 Å². The number of benzene rings is 2. The minimum atomic E-state index is -5.40. The topological polar surface area (TPSA) is 86.8 Å². The van der Waals surface area contributed by atoms with Gasteiger partial charge in [0.2, 0.25) is 11.6 Å². The summed E-state index contributed by atoms with van der Waals surface area (Å²) in [7, 11) is -3.46. The number of Topliss-reactive ketones (excluding diaryl/α,β-unsaturated/α-hetero) is 1. The van der Waals surface area contributed by atoms with Gasteiger partial charge in [-0.2, -0.15) is 4.39 Å². The summed E-state index contributed by atoms with van der Waals surface area (Å²) >= 11 is 5.96. The van der Waals surface area contributed by atoms with Gasteiger partial charge < -0.3 is 19.5 Å². The lowest BCUT2D eigenvalue weighted by Crippen LogP contribution is -2.18. The lowest BCUT2D eigenvalue weighted by molar-refractivity contribution is -0.275. The zero-order valence-corrected chi connectivity index (χ0v) is 18.5. The summed E-state index contributed by atoms with van der Waals surface area (Å²) in [4.78, 5) is 28.6. The second kappa shape index (κ2) is 10.4. The maximum Gasteiger partial charge on any atom is 0.573 e. The molecule has 0 bridgehead atoms. The number of ether oxygens (including phenoxy) is 3. The number of carbonyl (C=O) groups is 2. The highest BCUT2D eigenvalue weighted by molar-refractivity contribution is 6.31. The van der Waals surface area contributed by atoms with Gasteiger partial charge in [0.1, 0.15) is 22.8 Å². The number of ketones is 1. The van der Waals surface area contributed by atoms with Crippen LogP contribution < -0.4 is 19.5 Å². The number of amides is 1. The van der Waals surface area contributed by atoms with Gasteiger partial charge in [0, 0.05) is 34.6 Å². The number of rotatable bonds is 7. The van der Waals surface area contributed by atoms with Crippen LogP contribution in [0.25, 0.3) is 0 Å². The fourth-order valence-corrected chi connectivity index (χ4v) is 2.98. The summed E-state index contributed by atoms with van der Waals surface area (Å²) in [5, 5.41) is 1.39. The predicted molar refractivity (Wildman–Crippen MR) is 118 cm³/mol. The van der Waals surface area contributed by atoms with E-state index in [2.05, 4.69) is 19.8 Å². The van der Waals surface area contributed by atoms with Gasteiger partial charge in [-0.3, -0.25) is 14.6 Å². The van der Waals surface area contributed by atoms with E-state index < -0.39 is 82.7 Å². The third-order valence-corrected chi connectivity index (χ3v) is 4.66. The molecule has 3 aromatic rings. The first-order valence-corrected chi connectivity index (χ1v) is 9.81. The van der Waals surface area contributed by atoms with E-state index in [-0.39, 0.29) is 11.4 Å². The minimum absolute atomic E-state index is 0.105. The number of carbonyl (C=O) groups excluding carboxylic acids is 2. The van der Waals surface area contributed by atoms with Crippen LogP contribution in [0.1, 0.15) is 41.6 Å². The second-order valence-electron chi connectivity index (χ2n) is 6.82. The van der Waals surface area contributed by atoms with E-state index >= 15 is 4.39 Å². The van der Waals surface area contributed by atoms with Crippen LogP contribution in [-0.2, 0) is 0 Å². The summed E-state index contributed by atoms with van der Waals surface area (Å²) in [5.41, 5.74) is -2.49. The first-order valence-electron chi connectivity index (χ1n) is 12.4. The third kappa shape index (κ3) is 5.82. The normalized spacial score (nSPS) is 14.3. The molecule has 0 aliphatic rings. The first-order chi connectivity index (χ1) is 19.2. The Morgan fingerprint density at radius 3 is 2.44 bits per heavy atom. The van der Waals surface area contributed by atoms with E-state index in [0.29, 0.717) is 18.2 Å². The van der Waals surface area contributed by atoms with Crippen molar-refractivity contribution in [2.75, 3.05) is 12.4 Å². The van der Waals surface area contributed by atoms with Crippen LogP contribution in [0.2, 0.25) is 5.02 Å². The number of alkyl halides is 3. The van der Waals surface area contributed by atoms with Crippen LogP contribution in [0, 0.1) is 18.5 Å². The highest BCUT2D eigenvalue weighted by atomic mass is 35.5. The SMILES string of the molecule is [2H]C([2H])([2H])Oc1c(Oc2cc(Cl)c(C([2H])([2H])[2H])c(F)c2C(=O)Nc2ccnc(C(C)=O)c2)ccc(OC(F)(F)F)c1F. The summed E-state index contributed by atoms with van der Waals surface area (Å²) in [6.07, 6.45) is -4.27. The first kappa shape index (κ1) is 19.3. The van der Waals surface area contributed by atoms with Gasteiger partial charge in [-0.05, 0) is 31.1 Å². The number of halogens is 6. The summed E-state index contributed by atoms with van der Waals surface area (Å²) < 4.78 is 126. The largest absolute Gasteiger partial charge is 0.573 e. The van der Waals surface area contributed by atoms with Crippen LogP contribution in [-0.4, -0.2) is 30.1 Å². The van der Waals surface area contributed by atoms with E-state index in [0.717, 1.165) is 12.3 Å². The van der Waals surface area contributed by atoms with Crippen molar-refractivity contribution >= 4 is 29.0 Å². The molecule has 1 heterocycles. The third-order valence-electron chi connectivity index (χ3n) is 4.36. The molecule has 0 aliphatic carbocycles. The van der Waals surface area contributed by atoms with Crippen molar-refractivity contribution in [3.8, 4) is 23.0 Å². The van der Waals surface area contributed by atoms with Gasteiger partial charge in [-0.1, -0.05) is 11.6 Å². The fourth-order valence-electron chi connectivity index (χ4n) is 2.80. The molecule has 1 aromatic heterocycles. The number of hydrogen-bond acceptors (Lipinski definition) is 6. The predicted octanol–water partition coefficient (Wildman–Crippen LogP) is 6.48. The molecule has 1 amide bonds.